The van der Waals surface area contributed by atoms with E-state index in [0.717, 1.165) is 0 Å². The Labute approximate surface area is 118 Å². The standard InChI is InChI=1S/C12H17ClN2O3S/c1-9(14)6-7-19(17,18)8-12(16)15-11-4-2-10(13)3-5-11/h2-5,9H,6-8,14H2,1H3,(H,15,16). The van der Waals surface area contributed by atoms with Crippen LogP contribution in [0.2, 0.25) is 5.02 Å². The molecule has 0 aliphatic carbocycles. The lowest BCUT2D eigenvalue weighted by atomic mass is 10.3. The highest BCUT2D eigenvalue weighted by atomic mass is 35.5. The van der Waals surface area contributed by atoms with E-state index in [9.17, 15) is 13.2 Å². The van der Waals surface area contributed by atoms with Gasteiger partial charge >= 0.3 is 0 Å². The molecule has 1 rings (SSSR count). The Kier molecular flexibility index (Phi) is 5.78. The van der Waals surface area contributed by atoms with Crippen LogP contribution in [0.4, 0.5) is 5.69 Å². The van der Waals surface area contributed by atoms with Crippen LogP contribution < -0.4 is 11.1 Å². The number of benzene rings is 1. The van der Waals surface area contributed by atoms with Gasteiger partial charge in [0.2, 0.25) is 5.91 Å². The van der Waals surface area contributed by atoms with E-state index in [-0.39, 0.29) is 11.8 Å². The van der Waals surface area contributed by atoms with Crippen LogP contribution >= 0.6 is 11.6 Å². The Bertz CT molecular complexity index is 526. The summed E-state index contributed by atoms with van der Waals surface area (Å²) in [6, 6.07) is 6.24. The normalized spacial score (nSPS) is 13.0. The summed E-state index contributed by atoms with van der Waals surface area (Å²) in [6.07, 6.45) is 0.344. The number of carbonyl (C=O) groups is 1. The van der Waals surface area contributed by atoms with Crippen molar-refractivity contribution in [1.29, 1.82) is 0 Å². The van der Waals surface area contributed by atoms with E-state index in [4.69, 9.17) is 17.3 Å². The van der Waals surface area contributed by atoms with Crippen LogP contribution in [-0.4, -0.2) is 31.9 Å². The van der Waals surface area contributed by atoms with E-state index in [1.807, 2.05) is 0 Å². The maximum Gasteiger partial charge on any atom is 0.239 e. The monoisotopic (exact) mass is 304 g/mol. The number of halogens is 1. The molecule has 0 fully saturated rings. The molecule has 19 heavy (non-hydrogen) atoms. The number of hydrogen-bond acceptors (Lipinski definition) is 4. The third-order valence-electron chi connectivity index (χ3n) is 2.36. The van der Waals surface area contributed by atoms with Gasteiger partial charge in [-0.3, -0.25) is 4.79 Å². The van der Waals surface area contributed by atoms with Gasteiger partial charge in [0.05, 0.1) is 5.75 Å². The smallest absolute Gasteiger partial charge is 0.239 e. The third kappa shape index (κ3) is 6.56. The lowest BCUT2D eigenvalue weighted by molar-refractivity contribution is -0.113. The van der Waals surface area contributed by atoms with E-state index >= 15 is 0 Å². The highest BCUT2D eigenvalue weighted by Crippen LogP contribution is 2.13. The summed E-state index contributed by atoms with van der Waals surface area (Å²) in [6.45, 7) is 1.73. The van der Waals surface area contributed by atoms with Crippen molar-refractivity contribution < 1.29 is 13.2 Å². The second-order valence-corrected chi connectivity index (χ2v) is 7.03. The van der Waals surface area contributed by atoms with Crippen LogP contribution in [0, 0.1) is 0 Å². The number of amides is 1. The van der Waals surface area contributed by atoms with Gasteiger partial charge in [0.15, 0.2) is 9.84 Å². The summed E-state index contributed by atoms with van der Waals surface area (Å²) in [5.74, 6) is -1.19. The van der Waals surface area contributed by atoms with E-state index in [1.165, 1.54) is 0 Å². The molecule has 0 saturated heterocycles. The quantitative estimate of drug-likeness (QED) is 0.832. The fraction of sp³-hybridized carbons (Fsp3) is 0.417. The first-order chi connectivity index (χ1) is 8.78. The minimum atomic E-state index is -3.42. The van der Waals surface area contributed by atoms with Gasteiger partial charge in [0.1, 0.15) is 5.75 Å². The summed E-state index contributed by atoms with van der Waals surface area (Å²) in [5, 5.41) is 3.05. The van der Waals surface area contributed by atoms with Crippen molar-refractivity contribution >= 4 is 33.0 Å². The average molecular weight is 305 g/mol. The zero-order valence-electron chi connectivity index (χ0n) is 10.6. The zero-order chi connectivity index (χ0) is 14.5. The molecule has 5 nitrogen and oxygen atoms in total. The number of anilines is 1. The van der Waals surface area contributed by atoms with Crippen molar-refractivity contribution in [2.75, 3.05) is 16.8 Å². The van der Waals surface area contributed by atoms with Crippen LogP contribution in [0.1, 0.15) is 13.3 Å². The number of carbonyl (C=O) groups excluding carboxylic acids is 1. The van der Waals surface area contributed by atoms with Gasteiger partial charge in [-0.2, -0.15) is 0 Å². The van der Waals surface area contributed by atoms with Gasteiger partial charge in [-0.25, -0.2) is 8.42 Å². The lowest BCUT2D eigenvalue weighted by Gasteiger charge is -2.08. The minimum Gasteiger partial charge on any atom is -0.328 e. The zero-order valence-corrected chi connectivity index (χ0v) is 12.2. The van der Waals surface area contributed by atoms with Crippen molar-refractivity contribution in [2.24, 2.45) is 5.73 Å². The van der Waals surface area contributed by atoms with Crippen molar-refractivity contribution in [3.05, 3.63) is 29.3 Å². The van der Waals surface area contributed by atoms with E-state index in [2.05, 4.69) is 5.32 Å². The molecule has 0 radical (unpaired) electrons. The molecule has 1 amide bonds. The van der Waals surface area contributed by atoms with E-state index < -0.39 is 21.5 Å². The van der Waals surface area contributed by atoms with Crippen molar-refractivity contribution in [3.8, 4) is 0 Å². The fourth-order valence-electron chi connectivity index (χ4n) is 1.37. The van der Waals surface area contributed by atoms with Crippen LogP contribution in [0.3, 0.4) is 0 Å². The first-order valence-corrected chi connectivity index (χ1v) is 8.00. The molecule has 3 N–H and O–H groups in total. The number of hydrogen-bond donors (Lipinski definition) is 2. The topological polar surface area (TPSA) is 89.3 Å². The molecule has 1 aromatic rings. The minimum absolute atomic E-state index is 0.0846. The maximum atomic E-state index is 11.7. The third-order valence-corrected chi connectivity index (χ3v) is 4.17. The Hall–Kier alpha value is -1.11. The van der Waals surface area contributed by atoms with Crippen molar-refractivity contribution in [2.45, 2.75) is 19.4 Å². The van der Waals surface area contributed by atoms with Gasteiger partial charge in [-0.15, -0.1) is 0 Å². The summed E-state index contributed by atoms with van der Waals surface area (Å²) in [7, 11) is -3.42. The average Bonchev–Trinajstić information content (AvgIpc) is 2.29. The van der Waals surface area contributed by atoms with Crippen LogP contribution in [0.15, 0.2) is 24.3 Å². The van der Waals surface area contributed by atoms with Gasteiger partial charge in [-0.1, -0.05) is 11.6 Å². The highest BCUT2D eigenvalue weighted by molar-refractivity contribution is 7.92. The number of nitrogens with one attached hydrogen (secondary N) is 1. The fourth-order valence-corrected chi connectivity index (χ4v) is 2.84. The van der Waals surface area contributed by atoms with Crippen LogP contribution in [0.25, 0.3) is 0 Å². The maximum absolute atomic E-state index is 11.7. The number of nitrogens with two attached hydrogens (primary N) is 1. The molecule has 0 aliphatic heterocycles. The Morgan fingerprint density at radius 1 is 1.37 bits per heavy atom. The predicted molar refractivity (Wildman–Crippen MR) is 77.0 cm³/mol. The first kappa shape index (κ1) is 15.9. The number of sulfone groups is 1. The van der Waals surface area contributed by atoms with Crippen LogP contribution in [-0.2, 0) is 14.6 Å². The molecule has 0 aliphatic rings. The van der Waals surface area contributed by atoms with Gasteiger partial charge in [0.25, 0.3) is 0 Å². The molecule has 7 heteroatoms. The van der Waals surface area contributed by atoms with Gasteiger partial charge < -0.3 is 11.1 Å². The number of rotatable bonds is 6. The Morgan fingerprint density at radius 2 is 1.95 bits per heavy atom. The summed E-state index contributed by atoms with van der Waals surface area (Å²) < 4.78 is 23.3. The molecular weight excluding hydrogens is 288 g/mol. The largest absolute Gasteiger partial charge is 0.328 e. The highest BCUT2D eigenvalue weighted by Gasteiger charge is 2.17. The molecular formula is C12H17ClN2O3S. The van der Waals surface area contributed by atoms with Gasteiger partial charge in [0, 0.05) is 16.8 Å². The Morgan fingerprint density at radius 3 is 2.47 bits per heavy atom. The molecule has 1 unspecified atom stereocenters. The van der Waals surface area contributed by atoms with Crippen molar-refractivity contribution in [3.63, 3.8) is 0 Å². The molecule has 0 aromatic heterocycles. The predicted octanol–water partition coefficient (Wildman–Crippen LogP) is 1.43. The van der Waals surface area contributed by atoms with Crippen molar-refractivity contribution in [1.82, 2.24) is 0 Å². The first-order valence-electron chi connectivity index (χ1n) is 5.80. The molecule has 0 bridgehead atoms. The van der Waals surface area contributed by atoms with E-state index in [1.54, 1.807) is 31.2 Å². The van der Waals surface area contributed by atoms with E-state index in [0.29, 0.717) is 17.1 Å². The summed E-state index contributed by atoms with van der Waals surface area (Å²) >= 11 is 5.71. The molecule has 0 saturated carbocycles. The van der Waals surface area contributed by atoms with Crippen LogP contribution in [0.5, 0.6) is 0 Å². The lowest BCUT2D eigenvalue weighted by Crippen LogP contribution is -2.27. The second kappa shape index (κ2) is 6.88. The van der Waals surface area contributed by atoms with Gasteiger partial charge in [-0.05, 0) is 37.6 Å². The molecule has 0 spiro atoms. The molecule has 106 valence electrons. The molecule has 1 aromatic carbocycles. The Balaban J connectivity index is 2.53. The summed E-state index contributed by atoms with van der Waals surface area (Å²) in [5.41, 5.74) is 6.00. The molecule has 0 heterocycles. The molecule has 1 atom stereocenters. The second-order valence-electron chi connectivity index (χ2n) is 4.41. The SMILES string of the molecule is CC(N)CCS(=O)(=O)CC(=O)Nc1ccc(Cl)cc1. The summed E-state index contributed by atoms with van der Waals surface area (Å²) in [4.78, 5) is 11.6.